The molecule has 0 N–H and O–H groups in total. The van der Waals surface area contributed by atoms with E-state index in [9.17, 15) is 5.26 Å². The van der Waals surface area contributed by atoms with Crippen LogP contribution < -0.4 is 15.3 Å². The maximum absolute atomic E-state index is 9.30. The largest absolute Gasteiger partial charge is 0.338 e. The van der Waals surface area contributed by atoms with Gasteiger partial charge < -0.3 is 4.90 Å². The number of dihydropyridines is 1. The minimum Gasteiger partial charge on any atom is -0.338 e. The molecule has 3 nitrogen and oxygen atoms in total. The summed E-state index contributed by atoms with van der Waals surface area (Å²) in [4.78, 5) is 7.36. The Hall–Kier alpha value is -3.42. The fourth-order valence-corrected chi connectivity index (χ4v) is 8.29. The van der Waals surface area contributed by atoms with Gasteiger partial charge in [-0.15, -0.1) is 0 Å². The summed E-state index contributed by atoms with van der Waals surface area (Å²) in [6.07, 6.45) is 18.7. The molecule has 173 valence electrons. The van der Waals surface area contributed by atoms with E-state index in [2.05, 4.69) is 96.4 Å². The standard InChI is InChI=1S/C31H30N3Si/c1-35-30-17-4-2-15-28(30)34(29-16-3-5-18-31(29)35)26-13-7-10-23(20-26)22-9-6-11-24(19-22)27-14-8-12-25(21-32)33-27/h2-6,8-10,12,15-19,24,26-27H,7,11,13-14,20H2,1H3. The SMILES string of the molecule is C[Si]1c2ccccc2N(C2CCC=C(C3=CC(C4CC=CC(C#N)=N4)CC=C3)C2)c2ccccc21. The van der Waals surface area contributed by atoms with Gasteiger partial charge in [-0.3, -0.25) is 4.99 Å². The molecule has 2 aliphatic carbocycles. The summed E-state index contributed by atoms with van der Waals surface area (Å²) in [7, 11) is -0.756. The van der Waals surface area contributed by atoms with Gasteiger partial charge in [0.25, 0.3) is 0 Å². The van der Waals surface area contributed by atoms with E-state index in [-0.39, 0.29) is 6.04 Å². The predicted molar refractivity (Wildman–Crippen MR) is 148 cm³/mol. The maximum atomic E-state index is 9.30. The van der Waals surface area contributed by atoms with Gasteiger partial charge in [-0.25, -0.2) is 0 Å². The zero-order chi connectivity index (χ0) is 23.8. The van der Waals surface area contributed by atoms with Gasteiger partial charge in [0.05, 0.1) is 6.04 Å². The molecule has 0 spiro atoms. The van der Waals surface area contributed by atoms with E-state index in [1.807, 2.05) is 6.08 Å². The van der Waals surface area contributed by atoms with Gasteiger partial charge in [0, 0.05) is 23.3 Å². The molecule has 2 aliphatic heterocycles. The maximum Gasteiger partial charge on any atom is 0.135 e. The average molecular weight is 473 g/mol. The highest BCUT2D eigenvalue weighted by molar-refractivity contribution is 6.87. The zero-order valence-electron chi connectivity index (χ0n) is 20.2. The van der Waals surface area contributed by atoms with Crippen LogP contribution in [0, 0.1) is 17.2 Å². The van der Waals surface area contributed by atoms with Gasteiger partial charge in [0.2, 0.25) is 0 Å². The molecule has 6 rings (SSSR count). The average Bonchev–Trinajstić information content (AvgIpc) is 2.93. The van der Waals surface area contributed by atoms with Gasteiger partial charge >= 0.3 is 0 Å². The number of para-hydroxylation sites is 2. The third-order valence-electron chi connectivity index (χ3n) is 7.88. The van der Waals surface area contributed by atoms with Crippen LogP contribution in [-0.2, 0) is 0 Å². The number of nitrogens with zero attached hydrogens (tertiary/aromatic N) is 3. The zero-order valence-corrected chi connectivity index (χ0v) is 21.2. The molecule has 0 aromatic heterocycles. The third-order valence-corrected chi connectivity index (χ3v) is 10.3. The third kappa shape index (κ3) is 4.04. The van der Waals surface area contributed by atoms with Crippen LogP contribution in [0.3, 0.4) is 0 Å². The Morgan fingerprint density at radius 1 is 0.971 bits per heavy atom. The number of rotatable bonds is 3. The monoisotopic (exact) mass is 472 g/mol. The van der Waals surface area contributed by atoms with Gasteiger partial charge in [-0.2, -0.15) is 5.26 Å². The summed E-state index contributed by atoms with van der Waals surface area (Å²) < 4.78 is 0. The number of hydrogen-bond donors (Lipinski definition) is 0. The van der Waals surface area contributed by atoms with Crippen LogP contribution in [0.1, 0.15) is 32.1 Å². The van der Waals surface area contributed by atoms with E-state index < -0.39 is 8.80 Å². The lowest BCUT2D eigenvalue weighted by Gasteiger charge is -2.42. The first-order chi connectivity index (χ1) is 17.2. The van der Waals surface area contributed by atoms with E-state index in [0.717, 1.165) is 25.7 Å². The summed E-state index contributed by atoms with van der Waals surface area (Å²) in [6, 6.07) is 21.0. The van der Waals surface area contributed by atoms with Crippen molar-refractivity contribution in [2.75, 3.05) is 4.90 Å². The lowest BCUT2D eigenvalue weighted by molar-refractivity contribution is 0.503. The highest BCUT2D eigenvalue weighted by atomic mass is 28.3. The highest BCUT2D eigenvalue weighted by Gasteiger charge is 2.34. The molecule has 3 unspecified atom stereocenters. The fraction of sp³-hybridized carbons (Fsp3) is 0.290. The number of hydrogen-bond acceptors (Lipinski definition) is 3. The Balaban J connectivity index is 1.30. The van der Waals surface area contributed by atoms with Crippen LogP contribution >= 0.6 is 0 Å². The lowest BCUT2D eigenvalue weighted by atomic mass is 9.82. The number of fused-ring (bicyclic) bond motifs is 2. The quantitative estimate of drug-likeness (QED) is 0.542. The smallest absolute Gasteiger partial charge is 0.135 e. The van der Waals surface area contributed by atoms with Gasteiger partial charge in [-0.05, 0) is 71.8 Å². The van der Waals surface area contributed by atoms with Gasteiger partial charge in [0.15, 0.2) is 0 Å². The van der Waals surface area contributed by atoms with Crippen molar-refractivity contribution in [3.8, 4) is 6.07 Å². The first kappa shape index (κ1) is 22.1. The summed E-state index contributed by atoms with van der Waals surface area (Å²) in [5, 5.41) is 12.4. The first-order valence-corrected chi connectivity index (χ1v) is 14.8. The number of nitriles is 1. The van der Waals surface area contributed by atoms with Crippen LogP contribution in [0.5, 0.6) is 0 Å². The van der Waals surface area contributed by atoms with E-state index in [1.54, 1.807) is 0 Å². The number of benzene rings is 2. The Labute approximate surface area is 210 Å². The van der Waals surface area contributed by atoms with Crippen molar-refractivity contribution in [3.05, 3.63) is 96.1 Å². The van der Waals surface area contributed by atoms with Crippen LogP contribution in [0.4, 0.5) is 11.4 Å². The molecule has 0 bridgehead atoms. The molecule has 35 heavy (non-hydrogen) atoms. The molecular weight excluding hydrogens is 442 g/mol. The van der Waals surface area contributed by atoms with Crippen molar-refractivity contribution < 1.29 is 0 Å². The molecule has 2 aromatic carbocycles. The summed E-state index contributed by atoms with van der Waals surface area (Å²) in [5.74, 6) is 0.353. The van der Waals surface area contributed by atoms with Crippen LogP contribution in [-0.4, -0.2) is 26.6 Å². The number of allylic oxidation sites excluding steroid dienone is 5. The second kappa shape index (κ2) is 9.32. The van der Waals surface area contributed by atoms with Gasteiger partial charge in [-0.1, -0.05) is 73.3 Å². The molecule has 0 fully saturated rings. The minimum absolute atomic E-state index is 0.167. The molecule has 2 heterocycles. The molecule has 1 radical (unpaired) electrons. The summed E-state index contributed by atoms with van der Waals surface area (Å²) in [6.45, 7) is 2.43. The topological polar surface area (TPSA) is 39.4 Å². The molecule has 4 aliphatic rings. The van der Waals surface area contributed by atoms with E-state index in [1.165, 1.54) is 39.3 Å². The normalized spacial score (nSPS) is 25.7. The van der Waals surface area contributed by atoms with Crippen molar-refractivity contribution >= 4 is 36.3 Å². The predicted octanol–water partition coefficient (Wildman–Crippen LogP) is 5.65. The molecule has 0 amide bonds. The van der Waals surface area contributed by atoms with Crippen LogP contribution in [0.25, 0.3) is 0 Å². The summed E-state index contributed by atoms with van der Waals surface area (Å²) in [5.41, 5.74) is 6.19. The van der Waals surface area contributed by atoms with E-state index in [4.69, 9.17) is 4.99 Å². The lowest BCUT2D eigenvalue weighted by Crippen LogP contribution is -2.52. The van der Waals surface area contributed by atoms with E-state index in [0.29, 0.717) is 17.7 Å². The van der Waals surface area contributed by atoms with Crippen molar-refractivity contribution in [1.82, 2.24) is 0 Å². The van der Waals surface area contributed by atoms with Crippen molar-refractivity contribution in [3.63, 3.8) is 0 Å². The first-order valence-electron chi connectivity index (χ1n) is 12.8. The number of anilines is 2. The van der Waals surface area contributed by atoms with Crippen LogP contribution in [0.15, 0.2) is 101 Å². The van der Waals surface area contributed by atoms with Crippen molar-refractivity contribution in [1.29, 1.82) is 5.26 Å². The van der Waals surface area contributed by atoms with E-state index >= 15 is 0 Å². The Morgan fingerprint density at radius 2 is 1.69 bits per heavy atom. The Kier molecular flexibility index (Phi) is 5.88. The minimum atomic E-state index is -0.756. The summed E-state index contributed by atoms with van der Waals surface area (Å²) >= 11 is 0. The second-order valence-electron chi connectivity index (χ2n) is 9.95. The van der Waals surface area contributed by atoms with Crippen molar-refractivity contribution in [2.45, 2.75) is 50.7 Å². The van der Waals surface area contributed by atoms with Crippen molar-refractivity contribution in [2.24, 2.45) is 10.9 Å². The molecule has 2 aromatic rings. The highest BCUT2D eigenvalue weighted by Crippen LogP contribution is 2.38. The molecular formula is C31H30N3Si. The molecule has 0 saturated carbocycles. The molecule has 3 atom stereocenters. The van der Waals surface area contributed by atoms with Crippen LogP contribution in [0.2, 0.25) is 6.55 Å². The molecule has 0 saturated heterocycles. The Morgan fingerprint density at radius 3 is 2.43 bits per heavy atom. The fourth-order valence-electron chi connectivity index (χ4n) is 6.13. The Bertz CT molecular complexity index is 1290. The second-order valence-corrected chi connectivity index (χ2v) is 12.3. The molecule has 4 heteroatoms. The van der Waals surface area contributed by atoms with Gasteiger partial charge in [0.1, 0.15) is 20.6 Å². The number of aliphatic imine (C=N–C) groups is 1.